The molecule has 0 bridgehead atoms. The predicted octanol–water partition coefficient (Wildman–Crippen LogP) is 2.21. The van der Waals surface area contributed by atoms with Crippen LogP contribution in [-0.4, -0.2) is 44.3 Å². The number of nitrogens with one attached hydrogen (secondary N) is 1. The van der Waals surface area contributed by atoms with Gasteiger partial charge in [0.15, 0.2) is 0 Å². The molecule has 1 heterocycles. The minimum Gasteiger partial charge on any atom is -0.319 e. The fourth-order valence-electron chi connectivity index (χ4n) is 2.65. The molecular weight excluding hydrogens is 365 g/mol. The SMILES string of the molecule is CNCC1CCN(S(=O)(=O)c2cc(C)cc([N+](=O)[O-])c2Cl)C1.Cl. The van der Waals surface area contributed by atoms with E-state index in [0.717, 1.165) is 13.0 Å². The third-order valence-corrected chi connectivity index (χ3v) is 6.12. The molecule has 0 amide bonds. The zero-order valence-electron chi connectivity index (χ0n) is 12.8. The molecule has 1 aliphatic rings. The Morgan fingerprint density at radius 1 is 1.48 bits per heavy atom. The van der Waals surface area contributed by atoms with Crippen molar-refractivity contribution in [2.24, 2.45) is 5.92 Å². The van der Waals surface area contributed by atoms with Crippen LogP contribution in [0.3, 0.4) is 0 Å². The molecule has 1 unspecified atom stereocenters. The van der Waals surface area contributed by atoms with Crippen LogP contribution in [0.15, 0.2) is 17.0 Å². The van der Waals surface area contributed by atoms with Gasteiger partial charge in [-0.1, -0.05) is 11.6 Å². The van der Waals surface area contributed by atoms with Crippen LogP contribution in [0.5, 0.6) is 0 Å². The van der Waals surface area contributed by atoms with Crippen molar-refractivity contribution in [3.63, 3.8) is 0 Å². The quantitative estimate of drug-likeness (QED) is 0.621. The maximum atomic E-state index is 12.7. The van der Waals surface area contributed by atoms with Crippen LogP contribution in [0, 0.1) is 23.0 Å². The zero-order valence-corrected chi connectivity index (χ0v) is 15.2. The van der Waals surface area contributed by atoms with Crippen LogP contribution in [0.25, 0.3) is 0 Å². The molecule has 1 fully saturated rings. The lowest BCUT2D eigenvalue weighted by Gasteiger charge is -2.18. The number of benzene rings is 1. The summed E-state index contributed by atoms with van der Waals surface area (Å²) in [6, 6.07) is 2.66. The number of hydrogen-bond donors (Lipinski definition) is 1. The Labute approximate surface area is 146 Å². The normalized spacial score (nSPS) is 18.7. The highest BCUT2D eigenvalue weighted by atomic mass is 35.5. The van der Waals surface area contributed by atoms with E-state index in [2.05, 4.69) is 5.32 Å². The molecule has 0 aromatic heterocycles. The molecule has 23 heavy (non-hydrogen) atoms. The Balaban J connectivity index is 0.00000264. The second-order valence-corrected chi connectivity index (χ2v) is 7.71. The van der Waals surface area contributed by atoms with E-state index in [-0.39, 0.29) is 33.9 Å². The lowest BCUT2D eigenvalue weighted by molar-refractivity contribution is -0.385. The van der Waals surface area contributed by atoms with Crippen molar-refractivity contribution in [1.29, 1.82) is 0 Å². The number of hydrogen-bond acceptors (Lipinski definition) is 5. The van der Waals surface area contributed by atoms with E-state index in [1.807, 2.05) is 7.05 Å². The maximum Gasteiger partial charge on any atom is 0.289 e. The van der Waals surface area contributed by atoms with Crippen molar-refractivity contribution >= 4 is 39.7 Å². The van der Waals surface area contributed by atoms with Crippen molar-refractivity contribution in [2.75, 3.05) is 26.7 Å². The molecule has 10 heteroatoms. The van der Waals surface area contributed by atoms with E-state index in [9.17, 15) is 18.5 Å². The Kier molecular flexibility index (Phi) is 6.79. The summed E-state index contributed by atoms with van der Waals surface area (Å²) in [6.45, 7) is 3.12. The fourth-order valence-corrected chi connectivity index (χ4v) is 4.81. The molecule has 0 saturated carbocycles. The second kappa shape index (κ2) is 7.76. The first-order valence-electron chi connectivity index (χ1n) is 6.86. The summed E-state index contributed by atoms with van der Waals surface area (Å²) in [6.07, 6.45) is 0.756. The molecule has 1 aliphatic heterocycles. The third kappa shape index (κ3) is 4.13. The Hall–Kier alpha value is -0.930. The van der Waals surface area contributed by atoms with Gasteiger partial charge in [0.05, 0.1) is 4.92 Å². The van der Waals surface area contributed by atoms with E-state index >= 15 is 0 Å². The van der Waals surface area contributed by atoms with Gasteiger partial charge in [-0.2, -0.15) is 4.31 Å². The van der Waals surface area contributed by atoms with Gasteiger partial charge < -0.3 is 5.32 Å². The largest absolute Gasteiger partial charge is 0.319 e. The van der Waals surface area contributed by atoms with Crippen molar-refractivity contribution in [3.8, 4) is 0 Å². The molecule has 1 aromatic rings. The highest BCUT2D eigenvalue weighted by Gasteiger charge is 2.35. The summed E-state index contributed by atoms with van der Waals surface area (Å²) < 4.78 is 26.8. The van der Waals surface area contributed by atoms with Crippen LogP contribution < -0.4 is 5.32 Å². The molecule has 7 nitrogen and oxygen atoms in total. The summed E-state index contributed by atoms with van der Waals surface area (Å²) in [5.74, 6) is 0.235. The molecule has 1 N–H and O–H groups in total. The summed E-state index contributed by atoms with van der Waals surface area (Å²) in [7, 11) is -2.01. The highest BCUT2D eigenvalue weighted by molar-refractivity contribution is 7.89. The Bertz CT molecular complexity index is 697. The second-order valence-electron chi connectivity index (χ2n) is 5.43. The zero-order chi connectivity index (χ0) is 16.5. The molecule has 1 aromatic carbocycles. The van der Waals surface area contributed by atoms with Gasteiger partial charge in [0.1, 0.15) is 9.92 Å². The van der Waals surface area contributed by atoms with Crippen LogP contribution in [0.1, 0.15) is 12.0 Å². The maximum absolute atomic E-state index is 12.7. The minimum absolute atomic E-state index is 0. The van der Waals surface area contributed by atoms with E-state index < -0.39 is 14.9 Å². The number of aryl methyl sites for hydroxylation is 1. The average Bonchev–Trinajstić information content (AvgIpc) is 2.90. The number of halogens is 2. The van der Waals surface area contributed by atoms with Gasteiger partial charge >= 0.3 is 0 Å². The van der Waals surface area contributed by atoms with Gasteiger partial charge in [-0.05, 0) is 44.5 Å². The van der Waals surface area contributed by atoms with Gasteiger partial charge in [0.25, 0.3) is 5.69 Å². The van der Waals surface area contributed by atoms with Crippen LogP contribution in [0.2, 0.25) is 5.02 Å². The van der Waals surface area contributed by atoms with E-state index in [0.29, 0.717) is 18.7 Å². The molecule has 2 rings (SSSR count). The molecule has 0 radical (unpaired) electrons. The number of nitrogens with zero attached hydrogens (tertiary/aromatic N) is 2. The smallest absolute Gasteiger partial charge is 0.289 e. The van der Waals surface area contributed by atoms with Crippen LogP contribution in [0.4, 0.5) is 5.69 Å². The van der Waals surface area contributed by atoms with Gasteiger partial charge in [-0.15, -0.1) is 12.4 Å². The summed E-state index contributed by atoms with van der Waals surface area (Å²) in [4.78, 5) is 10.2. The number of sulfonamides is 1. The Morgan fingerprint density at radius 2 is 2.13 bits per heavy atom. The summed E-state index contributed by atoms with van der Waals surface area (Å²) >= 11 is 5.98. The fraction of sp³-hybridized carbons (Fsp3) is 0.538. The van der Waals surface area contributed by atoms with Gasteiger partial charge in [0.2, 0.25) is 10.0 Å². The summed E-state index contributed by atoms with van der Waals surface area (Å²) in [5.41, 5.74) is 0.104. The molecule has 0 aliphatic carbocycles. The lowest BCUT2D eigenvalue weighted by atomic mass is 10.1. The first-order valence-corrected chi connectivity index (χ1v) is 8.68. The van der Waals surface area contributed by atoms with Gasteiger partial charge in [-0.25, -0.2) is 8.42 Å². The average molecular weight is 384 g/mol. The van der Waals surface area contributed by atoms with Crippen LogP contribution >= 0.6 is 24.0 Å². The molecule has 1 saturated heterocycles. The molecule has 1 atom stereocenters. The monoisotopic (exact) mass is 383 g/mol. The molecular formula is C13H19Cl2N3O4S. The van der Waals surface area contributed by atoms with E-state index in [1.165, 1.54) is 16.4 Å². The Morgan fingerprint density at radius 3 is 2.70 bits per heavy atom. The molecule has 0 spiro atoms. The van der Waals surface area contributed by atoms with Crippen molar-refractivity contribution in [2.45, 2.75) is 18.2 Å². The number of rotatable bonds is 5. The number of nitro groups is 1. The minimum atomic E-state index is -3.83. The van der Waals surface area contributed by atoms with Crippen molar-refractivity contribution in [1.82, 2.24) is 9.62 Å². The number of nitro benzene ring substituents is 1. The molecule has 130 valence electrons. The van der Waals surface area contributed by atoms with E-state index in [4.69, 9.17) is 11.6 Å². The topological polar surface area (TPSA) is 92.6 Å². The van der Waals surface area contributed by atoms with Gasteiger partial charge in [0, 0.05) is 19.2 Å². The van der Waals surface area contributed by atoms with Crippen molar-refractivity contribution < 1.29 is 13.3 Å². The first kappa shape index (κ1) is 20.1. The van der Waals surface area contributed by atoms with E-state index in [1.54, 1.807) is 6.92 Å². The first-order chi connectivity index (χ1) is 10.3. The van der Waals surface area contributed by atoms with Crippen molar-refractivity contribution in [3.05, 3.63) is 32.8 Å². The van der Waals surface area contributed by atoms with Gasteiger partial charge in [-0.3, -0.25) is 10.1 Å². The predicted molar refractivity (Wildman–Crippen MR) is 90.9 cm³/mol. The lowest BCUT2D eigenvalue weighted by Crippen LogP contribution is -2.30. The highest BCUT2D eigenvalue weighted by Crippen LogP contribution is 2.35. The van der Waals surface area contributed by atoms with Crippen LogP contribution in [-0.2, 0) is 10.0 Å². The third-order valence-electron chi connectivity index (χ3n) is 3.72. The summed E-state index contributed by atoms with van der Waals surface area (Å²) in [5, 5.41) is 13.7. The standard InChI is InChI=1S/C13H18ClN3O4S.ClH/c1-9-5-11(17(18)19)13(14)12(6-9)22(20,21)16-4-3-10(8-16)7-15-2;/h5-6,10,15H,3-4,7-8H2,1-2H3;1H.